The number of carbonyl (C=O) groups is 1. The Morgan fingerprint density at radius 2 is 2.04 bits per heavy atom. The number of aromatic nitrogens is 2. The molecule has 1 amide bonds. The molecular formula is C19H16IN3O2. The van der Waals surface area contributed by atoms with E-state index in [1.807, 2.05) is 31.2 Å². The highest BCUT2D eigenvalue weighted by atomic mass is 127. The Kier molecular flexibility index (Phi) is 3.87. The van der Waals surface area contributed by atoms with Crippen molar-refractivity contribution in [3.05, 3.63) is 67.3 Å². The Hall–Kier alpha value is -2.22. The molecule has 0 unspecified atom stereocenters. The Morgan fingerprint density at radius 1 is 1.28 bits per heavy atom. The number of hydrogen-bond donors (Lipinski definition) is 1. The largest absolute Gasteiger partial charge is 0.366 e. The van der Waals surface area contributed by atoms with Gasteiger partial charge in [-0.25, -0.2) is 4.98 Å². The number of primary amides is 1. The molecule has 2 aromatic carbocycles. The summed E-state index contributed by atoms with van der Waals surface area (Å²) in [5, 5.41) is 0.569. The number of hydrogen-bond acceptors (Lipinski definition) is 3. The molecule has 0 spiro atoms. The number of halogens is 1. The monoisotopic (exact) mass is 445 g/mol. The summed E-state index contributed by atoms with van der Waals surface area (Å²) in [6.45, 7) is 1.94. The van der Waals surface area contributed by atoms with Gasteiger partial charge in [0.1, 0.15) is 6.33 Å². The van der Waals surface area contributed by atoms with Gasteiger partial charge < -0.3 is 5.73 Å². The van der Waals surface area contributed by atoms with Crippen LogP contribution in [0.1, 0.15) is 40.2 Å². The van der Waals surface area contributed by atoms with E-state index in [0.29, 0.717) is 16.5 Å². The van der Waals surface area contributed by atoms with E-state index in [-0.39, 0.29) is 11.5 Å². The highest BCUT2D eigenvalue weighted by molar-refractivity contribution is 14.1. The van der Waals surface area contributed by atoms with Gasteiger partial charge in [0.15, 0.2) is 0 Å². The number of fused-ring (bicyclic) bond motifs is 1. The lowest BCUT2D eigenvalue weighted by atomic mass is 9.96. The minimum Gasteiger partial charge on any atom is -0.366 e. The molecule has 1 saturated carbocycles. The van der Waals surface area contributed by atoms with Crippen molar-refractivity contribution in [2.75, 3.05) is 0 Å². The molecule has 1 fully saturated rings. The second kappa shape index (κ2) is 5.94. The van der Waals surface area contributed by atoms with Crippen LogP contribution >= 0.6 is 22.6 Å². The fourth-order valence-corrected chi connectivity index (χ4v) is 3.78. The van der Waals surface area contributed by atoms with Crippen molar-refractivity contribution in [2.45, 2.75) is 25.7 Å². The van der Waals surface area contributed by atoms with Gasteiger partial charge in [-0.3, -0.25) is 14.2 Å². The zero-order valence-corrected chi connectivity index (χ0v) is 15.8. The number of rotatable bonds is 3. The molecule has 0 atom stereocenters. The molecule has 4 rings (SSSR count). The predicted molar refractivity (Wildman–Crippen MR) is 105 cm³/mol. The van der Waals surface area contributed by atoms with Crippen LogP contribution in [0.2, 0.25) is 0 Å². The SMILES string of the molecule is Cc1ccc(C(N)=O)c(C2CC2)c1-n1cnc2ccc(I)cc2c1=O. The third kappa shape index (κ3) is 2.74. The number of nitrogens with zero attached hydrogens (tertiary/aromatic N) is 2. The van der Waals surface area contributed by atoms with Gasteiger partial charge >= 0.3 is 0 Å². The number of carbonyl (C=O) groups excluding carboxylic acids is 1. The highest BCUT2D eigenvalue weighted by Gasteiger charge is 2.32. The molecule has 1 aliphatic rings. The van der Waals surface area contributed by atoms with Gasteiger partial charge in [0.2, 0.25) is 5.91 Å². The van der Waals surface area contributed by atoms with Gasteiger partial charge in [-0.2, -0.15) is 0 Å². The van der Waals surface area contributed by atoms with Crippen molar-refractivity contribution in [2.24, 2.45) is 5.73 Å². The molecule has 1 aromatic heterocycles. The van der Waals surface area contributed by atoms with Crippen LogP contribution in [-0.2, 0) is 0 Å². The van der Waals surface area contributed by atoms with E-state index in [0.717, 1.165) is 33.2 Å². The molecule has 1 heterocycles. The molecule has 126 valence electrons. The van der Waals surface area contributed by atoms with E-state index in [1.165, 1.54) is 0 Å². The number of aryl methyl sites for hydroxylation is 1. The van der Waals surface area contributed by atoms with Crippen molar-refractivity contribution in [3.63, 3.8) is 0 Å². The molecule has 0 aliphatic heterocycles. The molecule has 1 aliphatic carbocycles. The summed E-state index contributed by atoms with van der Waals surface area (Å²) in [5.41, 5.74) is 9.17. The van der Waals surface area contributed by atoms with Crippen LogP contribution in [0.15, 0.2) is 41.5 Å². The van der Waals surface area contributed by atoms with Crippen LogP contribution in [-0.4, -0.2) is 15.5 Å². The van der Waals surface area contributed by atoms with Crippen LogP contribution < -0.4 is 11.3 Å². The Morgan fingerprint density at radius 3 is 2.72 bits per heavy atom. The van der Waals surface area contributed by atoms with E-state index in [9.17, 15) is 9.59 Å². The molecular weight excluding hydrogens is 429 g/mol. The number of nitrogens with two attached hydrogens (primary N) is 1. The lowest BCUT2D eigenvalue weighted by molar-refractivity contribution is 0.0999. The van der Waals surface area contributed by atoms with Crippen LogP contribution in [0.3, 0.4) is 0 Å². The van der Waals surface area contributed by atoms with Gasteiger partial charge in [-0.15, -0.1) is 0 Å². The Bertz CT molecular complexity index is 1080. The quantitative estimate of drug-likeness (QED) is 0.629. The lowest BCUT2D eigenvalue weighted by Crippen LogP contribution is -2.23. The number of amides is 1. The standard InChI is InChI=1S/C19H16IN3O2/c1-10-2-6-13(18(21)24)16(11-3-4-11)17(10)23-9-22-15-7-5-12(20)8-14(15)19(23)25/h2,5-9,11H,3-4H2,1H3,(H2,21,24). The maximum absolute atomic E-state index is 13.1. The summed E-state index contributed by atoms with van der Waals surface area (Å²) in [6.07, 6.45) is 3.56. The Balaban J connectivity index is 2.07. The van der Waals surface area contributed by atoms with E-state index in [2.05, 4.69) is 27.6 Å². The third-order valence-corrected chi connectivity index (χ3v) is 5.30. The minimum absolute atomic E-state index is 0.130. The molecule has 0 saturated heterocycles. The normalized spacial score (nSPS) is 14.0. The van der Waals surface area contributed by atoms with Crippen LogP contribution in [0.25, 0.3) is 16.6 Å². The zero-order chi connectivity index (χ0) is 17.7. The summed E-state index contributed by atoms with van der Waals surface area (Å²) >= 11 is 2.18. The van der Waals surface area contributed by atoms with Crippen molar-refractivity contribution < 1.29 is 4.79 Å². The topological polar surface area (TPSA) is 78.0 Å². The van der Waals surface area contributed by atoms with E-state index in [4.69, 9.17) is 5.73 Å². The first kappa shape index (κ1) is 16.3. The smallest absolute Gasteiger partial charge is 0.265 e. The molecule has 6 heteroatoms. The fourth-order valence-electron chi connectivity index (χ4n) is 3.29. The molecule has 0 bridgehead atoms. The Labute approximate surface area is 158 Å². The maximum atomic E-state index is 13.1. The maximum Gasteiger partial charge on any atom is 0.265 e. The highest BCUT2D eigenvalue weighted by Crippen LogP contribution is 2.45. The summed E-state index contributed by atoms with van der Waals surface area (Å²) in [7, 11) is 0. The van der Waals surface area contributed by atoms with Gasteiger partial charge in [0.05, 0.1) is 16.6 Å². The van der Waals surface area contributed by atoms with E-state index in [1.54, 1.807) is 17.0 Å². The first-order valence-corrected chi connectivity index (χ1v) is 9.16. The number of benzene rings is 2. The van der Waals surface area contributed by atoms with E-state index >= 15 is 0 Å². The molecule has 2 N–H and O–H groups in total. The fraction of sp³-hybridized carbons (Fsp3) is 0.211. The minimum atomic E-state index is -0.459. The summed E-state index contributed by atoms with van der Waals surface area (Å²) < 4.78 is 2.54. The molecule has 0 radical (unpaired) electrons. The van der Waals surface area contributed by atoms with Crippen LogP contribution in [0, 0.1) is 10.5 Å². The van der Waals surface area contributed by atoms with Crippen molar-refractivity contribution in [3.8, 4) is 5.69 Å². The van der Waals surface area contributed by atoms with Crippen LogP contribution in [0.4, 0.5) is 0 Å². The lowest BCUT2D eigenvalue weighted by Gasteiger charge is -2.17. The van der Waals surface area contributed by atoms with Crippen LogP contribution in [0.5, 0.6) is 0 Å². The second-order valence-corrected chi connectivity index (χ2v) is 7.66. The van der Waals surface area contributed by atoms with Crippen molar-refractivity contribution in [1.82, 2.24) is 9.55 Å². The van der Waals surface area contributed by atoms with E-state index < -0.39 is 5.91 Å². The molecule has 3 aromatic rings. The first-order valence-electron chi connectivity index (χ1n) is 8.08. The molecule has 5 nitrogen and oxygen atoms in total. The first-order chi connectivity index (χ1) is 12.0. The van der Waals surface area contributed by atoms with Gasteiger partial charge in [-0.05, 0) is 83.7 Å². The second-order valence-electron chi connectivity index (χ2n) is 6.41. The van der Waals surface area contributed by atoms with Crippen molar-refractivity contribution >= 4 is 39.4 Å². The zero-order valence-electron chi connectivity index (χ0n) is 13.6. The summed E-state index contributed by atoms with van der Waals surface area (Å²) in [6, 6.07) is 9.21. The average molecular weight is 445 g/mol. The average Bonchev–Trinajstić information content (AvgIpc) is 3.40. The van der Waals surface area contributed by atoms with Gasteiger partial charge in [0.25, 0.3) is 5.56 Å². The van der Waals surface area contributed by atoms with Crippen molar-refractivity contribution in [1.29, 1.82) is 0 Å². The van der Waals surface area contributed by atoms with Gasteiger partial charge in [0, 0.05) is 9.13 Å². The summed E-state index contributed by atoms with van der Waals surface area (Å²) in [5.74, 6) is -0.185. The summed E-state index contributed by atoms with van der Waals surface area (Å²) in [4.78, 5) is 29.5. The predicted octanol–water partition coefficient (Wildman–Crippen LogP) is 3.28. The molecule has 25 heavy (non-hydrogen) atoms. The third-order valence-electron chi connectivity index (χ3n) is 4.63. The van der Waals surface area contributed by atoms with Gasteiger partial charge in [-0.1, -0.05) is 6.07 Å².